The second-order valence-electron chi connectivity index (χ2n) is 2.78. The molecule has 76 valence electrons. The number of ether oxygens (including phenoxy) is 1. The maximum atomic E-state index is 11.3. The third kappa shape index (κ3) is 1.97. The first-order chi connectivity index (χ1) is 6.60. The molecule has 5 heteroatoms. The summed E-state index contributed by atoms with van der Waals surface area (Å²) in [4.78, 5) is 11.3. The summed E-state index contributed by atoms with van der Waals surface area (Å²) in [6.45, 7) is 1.80. The standard InChI is InChI=1S/C9H11ClN2O2/c1-5-3-6(10)4-7(8(5)14-2)9(13)12-11/h3-4H,11H2,1-2H3,(H,12,13). The van der Waals surface area contributed by atoms with Gasteiger partial charge < -0.3 is 4.74 Å². The summed E-state index contributed by atoms with van der Waals surface area (Å²) in [7, 11) is 1.49. The Hall–Kier alpha value is -1.26. The molecule has 0 aromatic heterocycles. The van der Waals surface area contributed by atoms with E-state index in [0.29, 0.717) is 16.3 Å². The molecule has 0 aliphatic rings. The number of methoxy groups -OCH3 is 1. The number of hydrogen-bond acceptors (Lipinski definition) is 3. The number of benzene rings is 1. The fourth-order valence-electron chi connectivity index (χ4n) is 1.25. The van der Waals surface area contributed by atoms with Crippen molar-refractivity contribution in [2.75, 3.05) is 7.11 Å². The van der Waals surface area contributed by atoms with E-state index in [2.05, 4.69) is 0 Å². The fraction of sp³-hybridized carbons (Fsp3) is 0.222. The number of aryl methyl sites for hydroxylation is 1. The van der Waals surface area contributed by atoms with Crippen LogP contribution < -0.4 is 16.0 Å². The number of rotatable bonds is 2. The van der Waals surface area contributed by atoms with Crippen LogP contribution in [0.3, 0.4) is 0 Å². The molecule has 0 saturated heterocycles. The summed E-state index contributed by atoms with van der Waals surface area (Å²) in [5.41, 5.74) is 3.16. The van der Waals surface area contributed by atoms with Crippen molar-refractivity contribution >= 4 is 17.5 Å². The van der Waals surface area contributed by atoms with Crippen LogP contribution in [0.2, 0.25) is 5.02 Å². The number of nitrogens with one attached hydrogen (secondary N) is 1. The van der Waals surface area contributed by atoms with Crippen molar-refractivity contribution in [3.63, 3.8) is 0 Å². The molecule has 1 aromatic rings. The van der Waals surface area contributed by atoms with Gasteiger partial charge in [0.15, 0.2) is 0 Å². The molecule has 0 aliphatic heterocycles. The number of hydrogen-bond donors (Lipinski definition) is 2. The van der Waals surface area contributed by atoms with E-state index in [1.807, 2.05) is 5.43 Å². The molecule has 0 unspecified atom stereocenters. The maximum absolute atomic E-state index is 11.3. The molecule has 0 bridgehead atoms. The van der Waals surface area contributed by atoms with E-state index in [-0.39, 0.29) is 0 Å². The Bertz CT molecular complexity index is 366. The zero-order chi connectivity index (χ0) is 10.7. The van der Waals surface area contributed by atoms with Crippen molar-refractivity contribution in [3.05, 3.63) is 28.3 Å². The van der Waals surface area contributed by atoms with Gasteiger partial charge in [-0.25, -0.2) is 5.84 Å². The van der Waals surface area contributed by atoms with Crippen molar-refractivity contribution in [3.8, 4) is 5.75 Å². The van der Waals surface area contributed by atoms with Crippen LogP contribution in [0.15, 0.2) is 12.1 Å². The number of nitrogens with two attached hydrogens (primary N) is 1. The Kier molecular flexibility index (Phi) is 3.33. The Morgan fingerprint density at radius 3 is 2.71 bits per heavy atom. The predicted molar refractivity (Wildman–Crippen MR) is 54.4 cm³/mol. The highest BCUT2D eigenvalue weighted by Gasteiger charge is 2.14. The Balaban J connectivity index is 3.32. The maximum Gasteiger partial charge on any atom is 0.269 e. The van der Waals surface area contributed by atoms with Crippen molar-refractivity contribution in [2.24, 2.45) is 5.84 Å². The van der Waals surface area contributed by atoms with Crippen molar-refractivity contribution in [2.45, 2.75) is 6.92 Å². The van der Waals surface area contributed by atoms with Crippen molar-refractivity contribution in [1.29, 1.82) is 0 Å². The van der Waals surface area contributed by atoms with Crippen LogP contribution in [0.4, 0.5) is 0 Å². The molecule has 0 atom stereocenters. The fourth-order valence-corrected chi connectivity index (χ4v) is 1.52. The van der Waals surface area contributed by atoms with Gasteiger partial charge in [0.25, 0.3) is 5.91 Å². The average Bonchev–Trinajstić information content (AvgIpc) is 2.15. The highest BCUT2D eigenvalue weighted by atomic mass is 35.5. The summed E-state index contributed by atoms with van der Waals surface area (Å²) in [5, 5.41) is 0.474. The molecule has 3 N–H and O–H groups in total. The lowest BCUT2D eigenvalue weighted by atomic mass is 10.1. The molecule has 0 spiro atoms. The average molecular weight is 215 g/mol. The van der Waals surface area contributed by atoms with Crippen LogP contribution in [0.25, 0.3) is 0 Å². The molecule has 14 heavy (non-hydrogen) atoms. The highest BCUT2D eigenvalue weighted by molar-refractivity contribution is 6.31. The van der Waals surface area contributed by atoms with E-state index < -0.39 is 5.91 Å². The molecule has 0 radical (unpaired) electrons. The topological polar surface area (TPSA) is 64.3 Å². The summed E-state index contributed by atoms with van der Waals surface area (Å²) in [6, 6.07) is 3.23. The lowest BCUT2D eigenvalue weighted by molar-refractivity contribution is 0.0950. The number of carbonyl (C=O) groups is 1. The van der Waals surface area contributed by atoms with Crippen molar-refractivity contribution in [1.82, 2.24) is 5.43 Å². The highest BCUT2D eigenvalue weighted by Crippen LogP contribution is 2.27. The van der Waals surface area contributed by atoms with E-state index in [4.69, 9.17) is 22.2 Å². The van der Waals surface area contributed by atoms with Crippen LogP contribution in [-0.4, -0.2) is 13.0 Å². The second-order valence-corrected chi connectivity index (χ2v) is 3.21. The summed E-state index contributed by atoms with van der Waals surface area (Å²) in [6.07, 6.45) is 0. The Labute approximate surface area is 87.0 Å². The van der Waals surface area contributed by atoms with Crippen LogP contribution >= 0.6 is 11.6 Å². The zero-order valence-electron chi connectivity index (χ0n) is 7.93. The first kappa shape index (κ1) is 10.8. The molecule has 0 fully saturated rings. The minimum Gasteiger partial charge on any atom is -0.496 e. The lowest BCUT2D eigenvalue weighted by Crippen LogP contribution is -2.30. The molecule has 0 aliphatic carbocycles. The smallest absolute Gasteiger partial charge is 0.269 e. The molecule has 1 rings (SSSR count). The summed E-state index contributed by atoms with van der Waals surface area (Å²) in [5.74, 6) is 5.09. The second kappa shape index (κ2) is 4.30. The van der Waals surface area contributed by atoms with Gasteiger partial charge in [-0.05, 0) is 24.6 Å². The summed E-state index contributed by atoms with van der Waals surface area (Å²) >= 11 is 5.80. The van der Waals surface area contributed by atoms with Gasteiger partial charge in [0, 0.05) is 5.02 Å². The summed E-state index contributed by atoms with van der Waals surface area (Å²) < 4.78 is 5.08. The van der Waals surface area contributed by atoms with Gasteiger partial charge in [-0.2, -0.15) is 0 Å². The monoisotopic (exact) mass is 214 g/mol. The molecule has 1 aromatic carbocycles. The number of hydrazine groups is 1. The molecular formula is C9H11ClN2O2. The lowest BCUT2D eigenvalue weighted by Gasteiger charge is -2.10. The zero-order valence-corrected chi connectivity index (χ0v) is 8.68. The van der Waals surface area contributed by atoms with Crippen LogP contribution in [-0.2, 0) is 0 Å². The van der Waals surface area contributed by atoms with Crippen LogP contribution in [0.1, 0.15) is 15.9 Å². The van der Waals surface area contributed by atoms with E-state index in [0.717, 1.165) is 5.56 Å². The largest absolute Gasteiger partial charge is 0.496 e. The van der Waals surface area contributed by atoms with Gasteiger partial charge in [0.2, 0.25) is 0 Å². The number of halogens is 1. The van der Waals surface area contributed by atoms with E-state index >= 15 is 0 Å². The normalized spacial score (nSPS) is 9.71. The third-order valence-corrected chi connectivity index (χ3v) is 2.04. The molecule has 1 amide bonds. The number of amides is 1. The molecule has 0 heterocycles. The molecule has 0 saturated carbocycles. The van der Waals surface area contributed by atoms with Gasteiger partial charge in [0.1, 0.15) is 5.75 Å². The number of carbonyl (C=O) groups excluding carboxylic acids is 1. The Morgan fingerprint density at radius 1 is 1.57 bits per heavy atom. The van der Waals surface area contributed by atoms with E-state index in [1.54, 1.807) is 13.0 Å². The first-order valence-corrected chi connectivity index (χ1v) is 4.33. The van der Waals surface area contributed by atoms with Gasteiger partial charge in [0.05, 0.1) is 12.7 Å². The first-order valence-electron chi connectivity index (χ1n) is 3.95. The van der Waals surface area contributed by atoms with Crippen molar-refractivity contribution < 1.29 is 9.53 Å². The Morgan fingerprint density at radius 2 is 2.21 bits per heavy atom. The van der Waals surface area contributed by atoms with Crippen LogP contribution in [0, 0.1) is 6.92 Å². The molecule has 4 nitrogen and oxygen atoms in total. The van der Waals surface area contributed by atoms with Gasteiger partial charge in [-0.1, -0.05) is 11.6 Å². The molecular weight excluding hydrogens is 204 g/mol. The van der Waals surface area contributed by atoms with Gasteiger partial charge >= 0.3 is 0 Å². The van der Waals surface area contributed by atoms with E-state index in [9.17, 15) is 4.79 Å². The third-order valence-electron chi connectivity index (χ3n) is 1.82. The minimum absolute atomic E-state index is 0.333. The minimum atomic E-state index is -0.424. The van der Waals surface area contributed by atoms with Gasteiger partial charge in [-0.3, -0.25) is 10.2 Å². The predicted octanol–water partition coefficient (Wildman–Crippen LogP) is 1.26. The number of nitrogen functional groups attached to an aromatic ring is 1. The SMILES string of the molecule is COc1c(C)cc(Cl)cc1C(=O)NN. The van der Waals surface area contributed by atoms with Crippen LogP contribution in [0.5, 0.6) is 5.75 Å². The van der Waals surface area contributed by atoms with Gasteiger partial charge in [-0.15, -0.1) is 0 Å². The quantitative estimate of drug-likeness (QED) is 0.443. The van der Waals surface area contributed by atoms with E-state index in [1.165, 1.54) is 13.2 Å².